The number of aliphatic hydroxyl groups is 1. The number of hydrogen-bond acceptors (Lipinski definition) is 4. The molecule has 1 unspecified atom stereocenters. The number of nitrogens with zero attached hydrogens (tertiary/aromatic N) is 3. The number of benzene rings is 2. The highest BCUT2D eigenvalue weighted by atomic mass is 16.6. The predicted molar refractivity (Wildman–Crippen MR) is 163 cm³/mol. The van der Waals surface area contributed by atoms with E-state index in [4.69, 9.17) is 4.74 Å². The van der Waals surface area contributed by atoms with E-state index in [1.54, 1.807) is 4.57 Å². The molecular weight excluding hydrogens is 498 g/mol. The molecule has 3 aromatic rings. The minimum absolute atomic E-state index is 0.165. The fourth-order valence-corrected chi connectivity index (χ4v) is 6.38. The van der Waals surface area contributed by atoms with Gasteiger partial charge in [0, 0.05) is 18.8 Å². The van der Waals surface area contributed by atoms with Gasteiger partial charge in [0.1, 0.15) is 6.10 Å². The largest absolute Gasteiger partial charge is 0.457 e. The number of unbranched alkanes of at least 4 members (excludes halogenated alkanes) is 2. The fourth-order valence-electron chi connectivity index (χ4n) is 6.38. The highest BCUT2D eigenvalue weighted by molar-refractivity contribution is 5.81. The first-order valence-electron chi connectivity index (χ1n) is 15.5. The Hall–Kier alpha value is -2.86. The van der Waals surface area contributed by atoms with E-state index < -0.39 is 12.2 Å². The second-order valence-corrected chi connectivity index (χ2v) is 12.2. The molecule has 1 saturated carbocycles. The van der Waals surface area contributed by atoms with Gasteiger partial charge in [0.25, 0.3) is 5.82 Å². The number of ether oxygens (including phenoxy) is 1. The number of fused-ring (bicyclic) bond motifs is 1. The van der Waals surface area contributed by atoms with E-state index in [2.05, 4.69) is 68.4 Å². The number of aryl methyl sites for hydroxylation is 1. The molecular formula is C34H50N3O3+. The topological polar surface area (TPSA) is 58.6 Å². The first kappa shape index (κ1) is 30.1. The van der Waals surface area contributed by atoms with Gasteiger partial charge in [-0.25, -0.2) is 9.36 Å². The summed E-state index contributed by atoms with van der Waals surface area (Å²) in [6.45, 7) is 13.2. The van der Waals surface area contributed by atoms with Crippen molar-refractivity contribution in [1.29, 1.82) is 0 Å². The molecule has 0 aliphatic heterocycles. The van der Waals surface area contributed by atoms with Crippen LogP contribution in [0, 0.1) is 17.8 Å². The van der Waals surface area contributed by atoms with Crippen LogP contribution in [0.2, 0.25) is 0 Å². The number of aromatic nitrogens is 2. The van der Waals surface area contributed by atoms with E-state index in [0.29, 0.717) is 17.8 Å². The Labute approximate surface area is 241 Å². The van der Waals surface area contributed by atoms with Crippen LogP contribution >= 0.6 is 0 Å². The zero-order valence-electron chi connectivity index (χ0n) is 25.5. The molecule has 1 aliphatic carbocycles. The minimum atomic E-state index is -1.43. The van der Waals surface area contributed by atoms with Gasteiger partial charge in [0.05, 0.1) is 12.6 Å². The lowest BCUT2D eigenvalue weighted by atomic mass is 9.75. The lowest BCUT2D eigenvalue weighted by Crippen LogP contribution is -2.38. The van der Waals surface area contributed by atoms with Crippen LogP contribution in [-0.2, 0) is 16.6 Å². The number of rotatable bonds is 12. The Kier molecular flexibility index (Phi) is 10.3. The maximum absolute atomic E-state index is 13.6. The molecule has 218 valence electrons. The van der Waals surface area contributed by atoms with E-state index in [0.717, 1.165) is 54.8 Å². The summed E-state index contributed by atoms with van der Waals surface area (Å²) in [6.07, 6.45) is 6.14. The summed E-state index contributed by atoms with van der Waals surface area (Å²) < 4.78 is 9.91. The molecule has 40 heavy (non-hydrogen) atoms. The van der Waals surface area contributed by atoms with Crippen molar-refractivity contribution in [2.45, 2.75) is 91.9 Å². The van der Waals surface area contributed by atoms with Crippen molar-refractivity contribution in [1.82, 2.24) is 4.57 Å². The van der Waals surface area contributed by atoms with Gasteiger partial charge >= 0.3 is 12.2 Å². The molecule has 0 spiro atoms. The van der Waals surface area contributed by atoms with Gasteiger partial charge in [-0.15, -0.1) is 0 Å². The number of anilines is 1. The van der Waals surface area contributed by atoms with E-state index in [1.807, 2.05) is 31.3 Å². The summed E-state index contributed by atoms with van der Waals surface area (Å²) in [5.74, 6) is 1.47. The molecule has 4 atom stereocenters. The van der Waals surface area contributed by atoms with E-state index >= 15 is 0 Å². The van der Waals surface area contributed by atoms with Gasteiger partial charge in [0.2, 0.25) is 0 Å². The van der Waals surface area contributed by atoms with Crippen LogP contribution in [0.25, 0.3) is 22.4 Å². The van der Waals surface area contributed by atoms with Crippen LogP contribution < -0.4 is 9.47 Å². The van der Waals surface area contributed by atoms with E-state index in [9.17, 15) is 9.90 Å². The number of carbonyl (C=O) groups excluding carboxylic acids is 1. The van der Waals surface area contributed by atoms with Crippen LogP contribution in [0.1, 0.15) is 85.8 Å². The third-order valence-corrected chi connectivity index (χ3v) is 8.79. The maximum Gasteiger partial charge on any atom is 0.381 e. The number of aliphatic hydroxyl groups excluding tert-OH is 1. The van der Waals surface area contributed by atoms with Crippen molar-refractivity contribution in [3.05, 3.63) is 48.5 Å². The van der Waals surface area contributed by atoms with E-state index in [-0.39, 0.29) is 6.10 Å². The lowest BCUT2D eigenvalue weighted by Gasteiger charge is -2.36. The monoisotopic (exact) mass is 548 g/mol. The molecule has 1 aromatic heterocycles. The molecule has 1 aliphatic rings. The van der Waals surface area contributed by atoms with Crippen LogP contribution in [0.15, 0.2) is 48.5 Å². The summed E-state index contributed by atoms with van der Waals surface area (Å²) in [4.78, 5) is 16.0. The van der Waals surface area contributed by atoms with Crippen LogP contribution in [0.4, 0.5) is 5.69 Å². The normalized spacial score (nSPS) is 20.1. The zero-order chi connectivity index (χ0) is 28.8. The summed E-state index contributed by atoms with van der Waals surface area (Å²) in [6, 6.07) is 16.5. The third-order valence-electron chi connectivity index (χ3n) is 8.79. The maximum atomic E-state index is 13.6. The Morgan fingerprint density at radius 1 is 1.05 bits per heavy atom. The molecule has 0 amide bonds. The van der Waals surface area contributed by atoms with Gasteiger partial charge in [-0.3, -0.25) is 0 Å². The molecule has 0 bridgehead atoms. The molecule has 0 saturated heterocycles. The van der Waals surface area contributed by atoms with Gasteiger partial charge in [-0.05, 0) is 79.8 Å². The number of esters is 1. The highest BCUT2D eigenvalue weighted by Crippen LogP contribution is 2.36. The van der Waals surface area contributed by atoms with Crippen LogP contribution in [0.5, 0.6) is 0 Å². The standard InChI is InChI=1S/C34H50N3O3/c1-7-9-21-36(22-10-8-2)27-18-16-26(17-19-27)32-35(6)29-13-11-12-14-30(29)37(32)33(38)34(39)40-31-23-25(5)15-20-28(31)24(3)4/h11-14,16-19,24-25,28,31,33,38H,7-10,15,20-23H2,1-6H3/q+1/t25-,28?,31-,33-/m1/s1. The number of carbonyl (C=O) groups is 1. The quantitative estimate of drug-likeness (QED) is 0.195. The van der Waals surface area contributed by atoms with Gasteiger partial charge in [-0.2, -0.15) is 4.57 Å². The lowest BCUT2D eigenvalue weighted by molar-refractivity contribution is -0.634. The summed E-state index contributed by atoms with van der Waals surface area (Å²) in [5.41, 5.74) is 3.92. The van der Waals surface area contributed by atoms with Crippen molar-refractivity contribution in [3.8, 4) is 11.4 Å². The third kappa shape index (κ3) is 6.54. The molecule has 2 aromatic carbocycles. The zero-order valence-corrected chi connectivity index (χ0v) is 25.5. The molecule has 0 radical (unpaired) electrons. The number of hydrogen-bond donors (Lipinski definition) is 1. The van der Waals surface area contributed by atoms with Crippen molar-refractivity contribution in [3.63, 3.8) is 0 Å². The Bertz CT molecular complexity index is 1240. The average molecular weight is 549 g/mol. The number of para-hydroxylation sites is 2. The Morgan fingerprint density at radius 2 is 1.70 bits per heavy atom. The second-order valence-electron chi connectivity index (χ2n) is 12.2. The van der Waals surface area contributed by atoms with Crippen LogP contribution in [0.3, 0.4) is 0 Å². The van der Waals surface area contributed by atoms with Gasteiger partial charge < -0.3 is 14.7 Å². The molecule has 1 N–H and O–H groups in total. The Balaban J connectivity index is 1.68. The molecule has 6 heteroatoms. The summed E-state index contributed by atoms with van der Waals surface area (Å²) in [5, 5.41) is 11.6. The summed E-state index contributed by atoms with van der Waals surface area (Å²) in [7, 11) is 1.99. The molecule has 1 heterocycles. The van der Waals surface area contributed by atoms with Crippen molar-refractivity contribution < 1.29 is 19.2 Å². The summed E-state index contributed by atoms with van der Waals surface area (Å²) >= 11 is 0. The van der Waals surface area contributed by atoms with E-state index in [1.165, 1.54) is 31.4 Å². The first-order chi connectivity index (χ1) is 19.3. The SMILES string of the molecule is CCCCN(CCCC)c1ccc(-c2n([C@H](O)C(=O)O[C@@H]3C[C@H](C)CCC3C(C)C)c3ccccc3[n+]2C)cc1. The smallest absolute Gasteiger partial charge is 0.381 e. The second kappa shape index (κ2) is 13.7. The van der Waals surface area contributed by atoms with Crippen molar-refractivity contribution in [2.24, 2.45) is 24.8 Å². The fraction of sp³-hybridized carbons (Fsp3) is 0.588. The van der Waals surface area contributed by atoms with Crippen molar-refractivity contribution >= 4 is 22.7 Å². The first-order valence-corrected chi connectivity index (χ1v) is 15.5. The molecule has 4 rings (SSSR count). The van der Waals surface area contributed by atoms with Gasteiger partial charge in [0.15, 0.2) is 11.0 Å². The molecule has 1 fully saturated rings. The van der Waals surface area contributed by atoms with Crippen molar-refractivity contribution in [2.75, 3.05) is 18.0 Å². The Morgan fingerprint density at radius 3 is 2.33 bits per heavy atom. The average Bonchev–Trinajstić information content (AvgIpc) is 3.25. The minimum Gasteiger partial charge on any atom is -0.457 e. The predicted octanol–water partition coefficient (Wildman–Crippen LogP) is 7.03. The van der Waals surface area contributed by atoms with Gasteiger partial charge in [-0.1, -0.05) is 66.0 Å². The molecule has 6 nitrogen and oxygen atoms in total. The number of imidazole rings is 1. The highest BCUT2D eigenvalue weighted by Gasteiger charge is 2.38. The van der Waals surface area contributed by atoms with Crippen LogP contribution in [-0.4, -0.2) is 34.8 Å².